The summed E-state index contributed by atoms with van der Waals surface area (Å²) in [5.74, 6) is -2.09. The Balaban J connectivity index is 1.74. The number of carbonyl (C=O) groups excluding carboxylic acids is 3. The molecular formula is C18H15ClN2O6S. The van der Waals surface area contributed by atoms with Gasteiger partial charge in [0, 0.05) is 5.69 Å². The maximum atomic E-state index is 12.5. The average molecular weight is 423 g/mol. The zero-order valence-electron chi connectivity index (χ0n) is 14.6. The lowest BCUT2D eigenvalue weighted by molar-refractivity contribution is -0.116. The molecule has 2 aromatic rings. The van der Waals surface area contributed by atoms with Crippen molar-refractivity contribution in [2.45, 2.75) is 11.8 Å². The number of sulfonamides is 1. The van der Waals surface area contributed by atoms with Crippen molar-refractivity contribution in [3.63, 3.8) is 0 Å². The highest BCUT2D eigenvalue weighted by Gasteiger charge is 2.41. The molecule has 8 nitrogen and oxygen atoms in total. The minimum Gasteiger partial charge on any atom is -0.462 e. The molecule has 0 unspecified atom stereocenters. The van der Waals surface area contributed by atoms with Gasteiger partial charge in [-0.05, 0) is 37.3 Å². The molecule has 28 heavy (non-hydrogen) atoms. The van der Waals surface area contributed by atoms with Crippen LogP contribution in [0.4, 0.5) is 5.69 Å². The molecule has 0 saturated carbocycles. The third-order valence-corrected chi connectivity index (χ3v) is 6.05. The normalized spacial score (nSPS) is 14.5. The van der Waals surface area contributed by atoms with Crippen molar-refractivity contribution in [1.82, 2.24) is 4.31 Å². The number of ether oxygens (including phenoxy) is 1. The molecular weight excluding hydrogens is 408 g/mol. The van der Waals surface area contributed by atoms with Crippen LogP contribution in [0.15, 0.2) is 47.4 Å². The number of amides is 2. The van der Waals surface area contributed by atoms with Crippen LogP contribution in [0.1, 0.15) is 27.6 Å². The Morgan fingerprint density at radius 1 is 1.18 bits per heavy atom. The number of carbonyl (C=O) groups is 3. The molecule has 0 aromatic heterocycles. The predicted octanol–water partition coefficient (Wildman–Crippen LogP) is 2.30. The highest BCUT2D eigenvalue weighted by molar-refractivity contribution is 7.90. The van der Waals surface area contributed by atoms with Crippen molar-refractivity contribution in [1.29, 1.82) is 0 Å². The van der Waals surface area contributed by atoms with Gasteiger partial charge in [0.15, 0.2) is 0 Å². The monoisotopic (exact) mass is 422 g/mol. The molecule has 1 heterocycles. The summed E-state index contributed by atoms with van der Waals surface area (Å²) in [5.41, 5.74) is 0.399. The fourth-order valence-electron chi connectivity index (χ4n) is 2.69. The third kappa shape index (κ3) is 3.58. The van der Waals surface area contributed by atoms with Crippen molar-refractivity contribution in [2.75, 3.05) is 18.5 Å². The Labute approximate surface area is 166 Å². The van der Waals surface area contributed by atoms with Gasteiger partial charge in [-0.15, -0.1) is 0 Å². The lowest BCUT2D eigenvalue weighted by Gasteiger charge is -2.15. The van der Waals surface area contributed by atoms with Crippen molar-refractivity contribution in [3.8, 4) is 0 Å². The van der Waals surface area contributed by atoms with Crippen LogP contribution < -0.4 is 5.32 Å². The second kappa shape index (κ2) is 7.61. The van der Waals surface area contributed by atoms with E-state index < -0.39 is 34.4 Å². The first-order valence-corrected chi connectivity index (χ1v) is 10.00. The standard InChI is InChI=1S/C18H15ClN2O6S/c1-2-27-18(24)12-8-7-11(9-14(12)19)20-16(22)10-21-17(23)13-5-3-4-6-15(13)28(21,25)26/h3-9H,2,10H2,1H3,(H,20,22). The zero-order chi connectivity index (χ0) is 20.5. The second-order valence-corrected chi connectivity index (χ2v) is 8.01. The highest BCUT2D eigenvalue weighted by atomic mass is 35.5. The van der Waals surface area contributed by atoms with Gasteiger partial charge in [-0.3, -0.25) is 9.59 Å². The Bertz CT molecular complexity index is 1080. The molecule has 0 spiro atoms. The molecule has 0 radical (unpaired) electrons. The lowest BCUT2D eigenvalue weighted by atomic mass is 10.2. The molecule has 1 aliphatic rings. The molecule has 0 fully saturated rings. The average Bonchev–Trinajstić information content (AvgIpc) is 2.83. The fraction of sp³-hybridized carbons (Fsp3) is 0.167. The molecule has 3 rings (SSSR count). The summed E-state index contributed by atoms with van der Waals surface area (Å²) < 4.78 is 30.3. The van der Waals surface area contributed by atoms with E-state index in [2.05, 4.69) is 5.32 Å². The number of benzene rings is 2. The second-order valence-electron chi connectivity index (χ2n) is 5.78. The largest absolute Gasteiger partial charge is 0.462 e. The first-order valence-electron chi connectivity index (χ1n) is 8.18. The summed E-state index contributed by atoms with van der Waals surface area (Å²) in [6, 6.07) is 9.88. The number of nitrogens with one attached hydrogen (secondary N) is 1. The number of rotatable bonds is 5. The van der Waals surface area contributed by atoms with Gasteiger partial charge in [0.2, 0.25) is 5.91 Å². The number of anilines is 1. The molecule has 1 aliphatic heterocycles. The third-order valence-electron chi connectivity index (χ3n) is 3.95. The Morgan fingerprint density at radius 2 is 1.89 bits per heavy atom. The Kier molecular flexibility index (Phi) is 5.39. The number of halogens is 1. The molecule has 0 aliphatic carbocycles. The van der Waals surface area contributed by atoms with E-state index in [4.69, 9.17) is 16.3 Å². The van der Waals surface area contributed by atoms with Gasteiger partial charge in [0.25, 0.3) is 15.9 Å². The van der Waals surface area contributed by atoms with E-state index in [1.165, 1.54) is 36.4 Å². The summed E-state index contributed by atoms with van der Waals surface area (Å²) >= 11 is 6.03. The van der Waals surface area contributed by atoms with Crippen molar-refractivity contribution in [3.05, 3.63) is 58.6 Å². The number of esters is 1. The smallest absolute Gasteiger partial charge is 0.339 e. The van der Waals surface area contributed by atoms with E-state index >= 15 is 0 Å². The number of hydrogen-bond acceptors (Lipinski definition) is 6. The van der Waals surface area contributed by atoms with Gasteiger partial charge in [-0.2, -0.15) is 0 Å². The Morgan fingerprint density at radius 3 is 2.54 bits per heavy atom. The van der Waals surface area contributed by atoms with E-state index in [-0.39, 0.29) is 33.3 Å². The van der Waals surface area contributed by atoms with Crippen LogP contribution in [0.25, 0.3) is 0 Å². The number of fused-ring (bicyclic) bond motifs is 1. The topological polar surface area (TPSA) is 110 Å². The van der Waals surface area contributed by atoms with Crippen LogP contribution in [-0.2, 0) is 19.6 Å². The summed E-state index contributed by atoms with van der Waals surface area (Å²) in [5, 5.41) is 2.52. The first-order chi connectivity index (χ1) is 13.3. The first kappa shape index (κ1) is 19.8. The quantitative estimate of drug-likeness (QED) is 0.740. The van der Waals surface area contributed by atoms with Gasteiger partial charge < -0.3 is 10.1 Å². The van der Waals surface area contributed by atoms with Gasteiger partial charge in [-0.25, -0.2) is 17.5 Å². The SMILES string of the molecule is CCOC(=O)c1ccc(NC(=O)CN2C(=O)c3ccccc3S2(=O)=O)cc1Cl. The van der Waals surface area contributed by atoms with Gasteiger partial charge in [0.05, 0.1) is 22.8 Å². The summed E-state index contributed by atoms with van der Waals surface area (Å²) in [4.78, 5) is 36.2. The van der Waals surface area contributed by atoms with Gasteiger partial charge in [-0.1, -0.05) is 23.7 Å². The molecule has 0 bridgehead atoms. The molecule has 10 heteroatoms. The van der Waals surface area contributed by atoms with E-state index in [0.29, 0.717) is 4.31 Å². The van der Waals surface area contributed by atoms with Crippen molar-refractivity contribution in [2.24, 2.45) is 0 Å². The molecule has 0 saturated heterocycles. The lowest BCUT2D eigenvalue weighted by Crippen LogP contribution is -2.37. The number of hydrogen-bond donors (Lipinski definition) is 1. The summed E-state index contributed by atoms with van der Waals surface area (Å²) in [6.07, 6.45) is 0. The van der Waals surface area contributed by atoms with Crippen LogP contribution in [0.2, 0.25) is 5.02 Å². The summed E-state index contributed by atoms with van der Waals surface area (Å²) in [6.45, 7) is 1.16. The van der Waals surface area contributed by atoms with E-state index in [9.17, 15) is 22.8 Å². The van der Waals surface area contributed by atoms with Crippen molar-refractivity contribution < 1.29 is 27.5 Å². The Hall–Kier alpha value is -2.91. The number of nitrogens with zero attached hydrogens (tertiary/aromatic N) is 1. The van der Waals surface area contributed by atoms with E-state index in [1.54, 1.807) is 13.0 Å². The minimum atomic E-state index is -4.08. The molecule has 146 valence electrons. The van der Waals surface area contributed by atoms with Gasteiger partial charge in [0.1, 0.15) is 11.4 Å². The van der Waals surface area contributed by atoms with Crippen LogP contribution in [0, 0.1) is 0 Å². The highest BCUT2D eigenvalue weighted by Crippen LogP contribution is 2.29. The van der Waals surface area contributed by atoms with Crippen LogP contribution in [-0.4, -0.2) is 43.7 Å². The van der Waals surface area contributed by atoms with Crippen LogP contribution >= 0.6 is 11.6 Å². The minimum absolute atomic E-state index is 0.0251. The van der Waals surface area contributed by atoms with Crippen LogP contribution in [0.3, 0.4) is 0 Å². The van der Waals surface area contributed by atoms with E-state index in [0.717, 1.165) is 0 Å². The van der Waals surface area contributed by atoms with Crippen LogP contribution in [0.5, 0.6) is 0 Å². The summed E-state index contributed by atoms with van der Waals surface area (Å²) in [7, 11) is -4.08. The maximum absolute atomic E-state index is 12.5. The molecule has 0 atom stereocenters. The van der Waals surface area contributed by atoms with Crippen molar-refractivity contribution >= 4 is 45.1 Å². The molecule has 2 amide bonds. The molecule has 2 aromatic carbocycles. The fourth-order valence-corrected chi connectivity index (χ4v) is 4.47. The molecule has 1 N–H and O–H groups in total. The zero-order valence-corrected chi connectivity index (χ0v) is 16.2. The predicted molar refractivity (Wildman–Crippen MR) is 101 cm³/mol. The maximum Gasteiger partial charge on any atom is 0.339 e. The van der Waals surface area contributed by atoms with E-state index in [1.807, 2.05) is 0 Å². The van der Waals surface area contributed by atoms with Gasteiger partial charge >= 0.3 is 5.97 Å².